The van der Waals surface area contributed by atoms with E-state index in [1.54, 1.807) is 11.4 Å². The molecule has 0 amide bonds. The van der Waals surface area contributed by atoms with Crippen molar-refractivity contribution in [2.75, 3.05) is 0 Å². The molecule has 5 nitrogen and oxygen atoms in total. The molecule has 0 spiro atoms. The van der Waals surface area contributed by atoms with Crippen molar-refractivity contribution in [2.45, 2.75) is 6.61 Å². The fourth-order valence-corrected chi connectivity index (χ4v) is 2.57. The Hall–Kier alpha value is -2.54. The average molecular weight is 304 g/mol. The summed E-state index contributed by atoms with van der Waals surface area (Å²) in [6, 6.07) is 5.63. The molecular formula is C14H9FN2O3S. The number of hydrogen-bond acceptors (Lipinski definition) is 5. The van der Waals surface area contributed by atoms with E-state index in [-0.39, 0.29) is 23.5 Å². The molecule has 0 radical (unpaired) electrons. The largest absolute Gasteiger partial charge is 0.483 e. The predicted octanol–water partition coefficient (Wildman–Crippen LogP) is 2.52. The third-order valence-electron chi connectivity index (χ3n) is 2.82. The molecule has 7 heteroatoms. The van der Waals surface area contributed by atoms with Gasteiger partial charge in [-0.3, -0.25) is 9.59 Å². The molecule has 2 aromatic heterocycles. The Morgan fingerprint density at radius 2 is 2.24 bits per heavy atom. The molecule has 0 aliphatic rings. The summed E-state index contributed by atoms with van der Waals surface area (Å²) in [5.74, 6) is -0.336. The summed E-state index contributed by atoms with van der Waals surface area (Å²) < 4.78 is 19.5. The molecule has 106 valence electrons. The highest BCUT2D eigenvalue weighted by Gasteiger charge is 2.08. The van der Waals surface area contributed by atoms with Gasteiger partial charge in [-0.25, -0.2) is 9.37 Å². The van der Waals surface area contributed by atoms with Crippen LogP contribution in [0.2, 0.25) is 0 Å². The molecule has 0 aliphatic carbocycles. The van der Waals surface area contributed by atoms with Gasteiger partial charge >= 0.3 is 0 Å². The molecule has 0 fully saturated rings. The summed E-state index contributed by atoms with van der Waals surface area (Å²) in [6.45, 7) is -0.0710. The average Bonchev–Trinajstić information content (AvgIpc) is 2.95. The van der Waals surface area contributed by atoms with E-state index in [0.29, 0.717) is 22.3 Å². The Bertz CT molecular complexity index is 872. The topological polar surface area (TPSA) is 72.0 Å². The fraction of sp³-hybridized carbons (Fsp3) is 0.0714. The maximum atomic E-state index is 13.6. The van der Waals surface area contributed by atoms with Crippen molar-refractivity contribution in [1.82, 2.24) is 9.97 Å². The lowest BCUT2D eigenvalue weighted by Crippen LogP contribution is -2.12. The highest BCUT2D eigenvalue weighted by Crippen LogP contribution is 2.19. The number of carbonyl (C=O) groups excluding carboxylic acids is 1. The molecule has 0 unspecified atom stereocenters. The zero-order valence-electron chi connectivity index (χ0n) is 10.6. The van der Waals surface area contributed by atoms with E-state index < -0.39 is 5.82 Å². The Morgan fingerprint density at radius 3 is 3.00 bits per heavy atom. The summed E-state index contributed by atoms with van der Waals surface area (Å²) in [6.07, 6.45) is 0.552. The number of aromatic nitrogens is 2. The maximum Gasteiger partial charge on any atom is 0.268 e. The Labute approximate surface area is 122 Å². The number of fused-ring (bicyclic) bond motifs is 1. The predicted molar refractivity (Wildman–Crippen MR) is 76.4 cm³/mol. The van der Waals surface area contributed by atoms with Gasteiger partial charge in [-0.1, -0.05) is 0 Å². The smallest absolute Gasteiger partial charge is 0.268 e. The number of thiophene rings is 1. The van der Waals surface area contributed by atoms with E-state index in [9.17, 15) is 14.0 Å². The minimum absolute atomic E-state index is 0.00587. The van der Waals surface area contributed by atoms with Crippen molar-refractivity contribution < 1.29 is 13.9 Å². The van der Waals surface area contributed by atoms with Gasteiger partial charge in [0.15, 0.2) is 11.6 Å². The van der Waals surface area contributed by atoms with Gasteiger partial charge in [0.25, 0.3) is 5.56 Å². The number of nitrogens with one attached hydrogen (secondary N) is 1. The minimum atomic E-state index is -0.640. The van der Waals surface area contributed by atoms with Crippen LogP contribution in [-0.2, 0) is 6.61 Å². The van der Waals surface area contributed by atoms with E-state index in [1.807, 2.05) is 0 Å². The minimum Gasteiger partial charge on any atom is -0.483 e. The summed E-state index contributed by atoms with van der Waals surface area (Å²) in [5, 5.41) is 1.77. The van der Waals surface area contributed by atoms with E-state index in [2.05, 4.69) is 9.97 Å². The molecule has 3 aromatic rings. The van der Waals surface area contributed by atoms with Gasteiger partial charge < -0.3 is 9.72 Å². The maximum absolute atomic E-state index is 13.6. The second-order valence-corrected chi connectivity index (χ2v) is 5.16. The zero-order chi connectivity index (χ0) is 14.8. The van der Waals surface area contributed by atoms with Gasteiger partial charge in [0.2, 0.25) is 0 Å². The Morgan fingerprint density at radius 1 is 1.38 bits per heavy atom. The van der Waals surface area contributed by atoms with Gasteiger partial charge in [0.1, 0.15) is 23.4 Å². The number of aldehydes is 1. The van der Waals surface area contributed by atoms with Gasteiger partial charge in [0, 0.05) is 5.56 Å². The second-order valence-electron chi connectivity index (χ2n) is 4.24. The lowest BCUT2D eigenvalue weighted by Gasteiger charge is -2.07. The first-order chi connectivity index (χ1) is 10.2. The molecule has 0 saturated heterocycles. The first kappa shape index (κ1) is 13.4. The standard InChI is InChI=1S/C14H9FN2O3S/c15-9-5-8(6-18)1-2-11(9)20-7-12-16-10-3-4-21-13(10)14(19)17-12/h1-6H,7H2,(H,16,17,19). The molecule has 2 heterocycles. The van der Waals surface area contributed by atoms with E-state index in [1.165, 1.54) is 23.5 Å². The Balaban J connectivity index is 1.83. The summed E-state index contributed by atoms with van der Waals surface area (Å²) in [7, 11) is 0. The second kappa shape index (κ2) is 5.45. The van der Waals surface area contributed by atoms with Crippen LogP contribution in [0.5, 0.6) is 5.75 Å². The molecule has 0 atom stereocenters. The number of rotatable bonds is 4. The molecular weight excluding hydrogens is 295 g/mol. The van der Waals surface area contributed by atoms with Crippen molar-refractivity contribution in [3.63, 3.8) is 0 Å². The highest BCUT2D eigenvalue weighted by atomic mass is 32.1. The van der Waals surface area contributed by atoms with E-state index >= 15 is 0 Å². The lowest BCUT2D eigenvalue weighted by atomic mass is 10.2. The molecule has 1 aromatic carbocycles. The van der Waals surface area contributed by atoms with Crippen LogP contribution in [0, 0.1) is 5.82 Å². The van der Waals surface area contributed by atoms with Crippen LogP contribution in [0.3, 0.4) is 0 Å². The molecule has 0 aliphatic heterocycles. The molecule has 1 N–H and O–H groups in total. The van der Waals surface area contributed by atoms with Crippen molar-refractivity contribution in [3.8, 4) is 5.75 Å². The first-order valence-corrected chi connectivity index (χ1v) is 6.89. The van der Waals surface area contributed by atoms with Crippen LogP contribution in [0.25, 0.3) is 10.2 Å². The number of halogens is 1. The van der Waals surface area contributed by atoms with Gasteiger partial charge in [0.05, 0.1) is 5.52 Å². The molecule has 0 bridgehead atoms. The van der Waals surface area contributed by atoms with Crippen molar-refractivity contribution in [3.05, 3.63) is 57.2 Å². The van der Waals surface area contributed by atoms with E-state index in [0.717, 1.165) is 6.07 Å². The number of H-pyrrole nitrogens is 1. The number of benzene rings is 1. The highest BCUT2D eigenvalue weighted by molar-refractivity contribution is 7.17. The van der Waals surface area contributed by atoms with Gasteiger partial charge in [-0.2, -0.15) is 0 Å². The first-order valence-electron chi connectivity index (χ1n) is 6.01. The van der Waals surface area contributed by atoms with Crippen molar-refractivity contribution in [2.24, 2.45) is 0 Å². The van der Waals surface area contributed by atoms with Crippen LogP contribution in [-0.4, -0.2) is 16.3 Å². The van der Waals surface area contributed by atoms with Crippen molar-refractivity contribution in [1.29, 1.82) is 0 Å². The van der Waals surface area contributed by atoms with Crippen LogP contribution in [0.4, 0.5) is 4.39 Å². The number of hydrogen-bond donors (Lipinski definition) is 1. The summed E-state index contributed by atoms with van der Waals surface area (Å²) in [5.41, 5.74) is 0.565. The van der Waals surface area contributed by atoms with Gasteiger partial charge in [-0.15, -0.1) is 11.3 Å². The lowest BCUT2D eigenvalue weighted by molar-refractivity contribution is 0.112. The number of aromatic amines is 1. The number of ether oxygens (including phenoxy) is 1. The SMILES string of the molecule is O=Cc1ccc(OCc2nc3ccsc3c(=O)[nH]2)c(F)c1. The summed E-state index contributed by atoms with van der Waals surface area (Å²) in [4.78, 5) is 29.1. The third-order valence-corrected chi connectivity index (χ3v) is 3.72. The Kier molecular flexibility index (Phi) is 3.49. The summed E-state index contributed by atoms with van der Waals surface area (Å²) >= 11 is 1.30. The van der Waals surface area contributed by atoms with Crippen LogP contribution in [0.15, 0.2) is 34.4 Å². The van der Waals surface area contributed by atoms with Crippen LogP contribution >= 0.6 is 11.3 Å². The molecule has 0 saturated carbocycles. The molecule has 3 rings (SSSR count). The van der Waals surface area contributed by atoms with Crippen LogP contribution in [0.1, 0.15) is 16.2 Å². The third kappa shape index (κ3) is 2.68. The van der Waals surface area contributed by atoms with Crippen LogP contribution < -0.4 is 10.3 Å². The van der Waals surface area contributed by atoms with Gasteiger partial charge in [-0.05, 0) is 29.6 Å². The monoisotopic (exact) mass is 304 g/mol. The van der Waals surface area contributed by atoms with E-state index in [4.69, 9.17) is 4.74 Å². The molecule has 21 heavy (non-hydrogen) atoms. The number of nitrogens with zero attached hydrogens (tertiary/aromatic N) is 1. The quantitative estimate of drug-likeness (QED) is 0.752. The number of carbonyl (C=O) groups is 1. The van der Waals surface area contributed by atoms with Crippen molar-refractivity contribution >= 4 is 27.8 Å². The fourth-order valence-electron chi connectivity index (χ4n) is 1.84. The normalized spacial score (nSPS) is 10.7. The zero-order valence-corrected chi connectivity index (χ0v) is 11.4.